The number of carbonyl (C=O) groups is 2. The number of ether oxygens (including phenoxy) is 2. The van der Waals surface area contributed by atoms with Crippen LogP contribution in [-0.4, -0.2) is 30.6 Å². The van der Waals surface area contributed by atoms with Crippen molar-refractivity contribution < 1.29 is 19.1 Å². The summed E-state index contributed by atoms with van der Waals surface area (Å²) in [7, 11) is 1.57. The highest BCUT2D eigenvalue weighted by Crippen LogP contribution is 2.32. The first-order valence-electron chi connectivity index (χ1n) is 9.11. The predicted molar refractivity (Wildman–Crippen MR) is 109 cm³/mol. The second-order valence-electron chi connectivity index (χ2n) is 6.71. The van der Waals surface area contributed by atoms with Crippen molar-refractivity contribution in [1.82, 2.24) is 4.98 Å². The van der Waals surface area contributed by atoms with Crippen molar-refractivity contribution in [3.63, 3.8) is 0 Å². The first-order valence-corrected chi connectivity index (χ1v) is 9.11. The van der Waals surface area contributed by atoms with Crippen molar-refractivity contribution in [2.45, 2.75) is 27.7 Å². The number of hydrogen-bond acceptors (Lipinski definition) is 4. The zero-order chi connectivity index (χ0) is 20.4. The molecule has 0 atom stereocenters. The Labute approximate surface area is 163 Å². The number of aryl methyl sites for hydroxylation is 3. The molecule has 3 aromatic rings. The SMILES string of the molecule is CCOC(=O)c1[nH]c2ccc(OC)cc2c1NC(=O)c1cc(C)c(C)cc1C. The lowest BCUT2D eigenvalue weighted by Crippen LogP contribution is -2.17. The lowest BCUT2D eigenvalue weighted by molar-refractivity contribution is 0.0522. The molecule has 0 aliphatic carbocycles. The van der Waals surface area contributed by atoms with Gasteiger partial charge < -0.3 is 19.8 Å². The number of methoxy groups -OCH3 is 1. The van der Waals surface area contributed by atoms with E-state index < -0.39 is 5.97 Å². The first kappa shape index (κ1) is 19.5. The third-order valence-electron chi connectivity index (χ3n) is 4.81. The summed E-state index contributed by atoms with van der Waals surface area (Å²) < 4.78 is 10.4. The van der Waals surface area contributed by atoms with Crippen molar-refractivity contribution in [1.29, 1.82) is 0 Å². The van der Waals surface area contributed by atoms with E-state index in [2.05, 4.69) is 10.3 Å². The van der Waals surface area contributed by atoms with Crippen LogP contribution >= 0.6 is 0 Å². The molecule has 28 heavy (non-hydrogen) atoms. The largest absolute Gasteiger partial charge is 0.497 e. The number of esters is 1. The van der Waals surface area contributed by atoms with Crippen LogP contribution in [0.15, 0.2) is 30.3 Å². The number of aromatic nitrogens is 1. The third kappa shape index (κ3) is 3.58. The number of aromatic amines is 1. The summed E-state index contributed by atoms with van der Waals surface area (Å²) in [5, 5.41) is 3.58. The lowest BCUT2D eigenvalue weighted by atomic mass is 10.0. The van der Waals surface area contributed by atoms with Gasteiger partial charge >= 0.3 is 5.97 Å². The van der Waals surface area contributed by atoms with Crippen LogP contribution in [0.5, 0.6) is 5.75 Å². The fourth-order valence-corrected chi connectivity index (χ4v) is 3.17. The minimum atomic E-state index is -0.523. The van der Waals surface area contributed by atoms with Crippen molar-refractivity contribution in [3.05, 3.63) is 58.3 Å². The molecule has 1 aromatic heterocycles. The number of amides is 1. The van der Waals surface area contributed by atoms with Gasteiger partial charge in [0.1, 0.15) is 11.4 Å². The van der Waals surface area contributed by atoms with E-state index in [-0.39, 0.29) is 18.2 Å². The molecule has 0 spiro atoms. The van der Waals surface area contributed by atoms with E-state index in [0.29, 0.717) is 27.9 Å². The Morgan fingerprint density at radius 1 is 1.04 bits per heavy atom. The van der Waals surface area contributed by atoms with Crippen molar-refractivity contribution in [2.24, 2.45) is 0 Å². The van der Waals surface area contributed by atoms with Gasteiger partial charge in [-0.2, -0.15) is 0 Å². The van der Waals surface area contributed by atoms with E-state index in [1.54, 1.807) is 32.2 Å². The Hall–Kier alpha value is -3.28. The van der Waals surface area contributed by atoms with Crippen LogP contribution in [-0.2, 0) is 4.74 Å². The molecular formula is C22H24N2O4. The van der Waals surface area contributed by atoms with E-state index in [0.717, 1.165) is 16.7 Å². The summed E-state index contributed by atoms with van der Waals surface area (Å²) >= 11 is 0. The van der Waals surface area contributed by atoms with Gasteiger partial charge in [0, 0.05) is 16.5 Å². The Balaban J connectivity index is 2.10. The van der Waals surface area contributed by atoms with E-state index in [1.807, 2.05) is 32.9 Å². The van der Waals surface area contributed by atoms with Crippen LogP contribution in [0.25, 0.3) is 10.9 Å². The molecule has 1 heterocycles. The summed E-state index contributed by atoms with van der Waals surface area (Å²) in [6.45, 7) is 7.84. The van der Waals surface area contributed by atoms with Gasteiger partial charge in [-0.1, -0.05) is 6.07 Å². The Kier molecular flexibility index (Phi) is 5.40. The zero-order valence-electron chi connectivity index (χ0n) is 16.7. The van der Waals surface area contributed by atoms with Crippen LogP contribution in [0.4, 0.5) is 5.69 Å². The van der Waals surface area contributed by atoms with Gasteiger partial charge in [0.2, 0.25) is 0 Å². The van der Waals surface area contributed by atoms with Crippen LogP contribution in [0.2, 0.25) is 0 Å². The van der Waals surface area contributed by atoms with Crippen molar-refractivity contribution in [3.8, 4) is 5.75 Å². The molecule has 0 saturated carbocycles. The number of carbonyl (C=O) groups excluding carboxylic acids is 2. The van der Waals surface area contributed by atoms with E-state index in [1.165, 1.54) is 0 Å². The lowest BCUT2D eigenvalue weighted by Gasteiger charge is -2.11. The average molecular weight is 380 g/mol. The summed E-state index contributed by atoms with van der Waals surface area (Å²) in [5.41, 5.74) is 4.89. The number of H-pyrrole nitrogens is 1. The summed E-state index contributed by atoms with van der Waals surface area (Å²) in [5.74, 6) is -0.181. The molecule has 6 heteroatoms. The fraction of sp³-hybridized carbons (Fsp3) is 0.273. The summed E-state index contributed by atoms with van der Waals surface area (Å²) in [6, 6.07) is 9.20. The maximum absolute atomic E-state index is 13.0. The Bertz CT molecular complexity index is 1070. The van der Waals surface area contributed by atoms with Crippen molar-refractivity contribution in [2.75, 3.05) is 19.0 Å². The molecule has 0 saturated heterocycles. The number of hydrogen-bond donors (Lipinski definition) is 2. The zero-order valence-corrected chi connectivity index (χ0v) is 16.7. The fourth-order valence-electron chi connectivity index (χ4n) is 3.17. The van der Waals surface area contributed by atoms with E-state index >= 15 is 0 Å². The van der Waals surface area contributed by atoms with Gasteiger partial charge in [0.05, 0.1) is 19.4 Å². The van der Waals surface area contributed by atoms with Gasteiger partial charge in [0.15, 0.2) is 0 Å². The molecule has 146 valence electrons. The smallest absolute Gasteiger partial charge is 0.356 e. The molecule has 3 rings (SSSR count). The highest BCUT2D eigenvalue weighted by Gasteiger charge is 2.22. The number of nitrogens with one attached hydrogen (secondary N) is 2. The number of anilines is 1. The van der Waals surface area contributed by atoms with Crippen LogP contribution in [0.1, 0.15) is 44.5 Å². The number of fused-ring (bicyclic) bond motifs is 1. The molecule has 2 N–H and O–H groups in total. The third-order valence-corrected chi connectivity index (χ3v) is 4.81. The molecule has 0 aliphatic rings. The number of benzene rings is 2. The number of rotatable bonds is 5. The second-order valence-corrected chi connectivity index (χ2v) is 6.71. The maximum Gasteiger partial charge on any atom is 0.356 e. The van der Waals surface area contributed by atoms with Crippen LogP contribution in [0.3, 0.4) is 0 Å². The molecule has 0 bridgehead atoms. The topological polar surface area (TPSA) is 80.4 Å². The molecule has 1 amide bonds. The van der Waals surface area contributed by atoms with Gasteiger partial charge in [-0.15, -0.1) is 0 Å². The quantitative estimate of drug-likeness (QED) is 0.637. The van der Waals surface area contributed by atoms with Crippen molar-refractivity contribution >= 4 is 28.5 Å². The van der Waals surface area contributed by atoms with Crippen LogP contribution < -0.4 is 10.1 Å². The first-order chi connectivity index (χ1) is 13.3. The average Bonchev–Trinajstić information content (AvgIpc) is 3.02. The highest BCUT2D eigenvalue weighted by atomic mass is 16.5. The van der Waals surface area contributed by atoms with Gasteiger partial charge in [0.25, 0.3) is 5.91 Å². The minimum absolute atomic E-state index is 0.208. The molecule has 0 aliphatic heterocycles. The maximum atomic E-state index is 13.0. The molecule has 0 radical (unpaired) electrons. The molecule has 0 unspecified atom stereocenters. The second kappa shape index (κ2) is 7.76. The van der Waals surface area contributed by atoms with Gasteiger partial charge in [-0.3, -0.25) is 4.79 Å². The molecular weight excluding hydrogens is 356 g/mol. The monoisotopic (exact) mass is 380 g/mol. The summed E-state index contributed by atoms with van der Waals surface area (Å²) in [6.07, 6.45) is 0. The molecule has 0 fully saturated rings. The van der Waals surface area contributed by atoms with Crippen LogP contribution in [0, 0.1) is 20.8 Å². The Morgan fingerprint density at radius 3 is 2.43 bits per heavy atom. The standard InChI is InChI=1S/C22H24N2O4/c1-6-28-22(26)20-19(17-11-15(27-5)7-8-18(17)23-20)24-21(25)16-10-13(3)12(2)9-14(16)4/h7-11,23H,6H2,1-5H3,(H,24,25). The van der Waals surface area contributed by atoms with Gasteiger partial charge in [-0.05, 0) is 68.7 Å². The van der Waals surface area contributed by atoms with E-state index in [4.69, 9.17) is 9.47 Å². The van der Waals surface area contributed by atoms with E-state index in [9.17, 15) is 9.59 Å². The minimum Gasteiger partial charge on any atom is -0.497 e. The highest BCUT2D eigenvalue weighted by molar-refractivity contribution is 6.15. The molecule has 2 aromatic carbocycles. The predicted octanol–water partition coefficient (Wildman–Crippen LogP) is 4.53. The molecule has 6 nitrogen and oxygen atoms in total. The Morgan fingerprint density at radius 2 is 1.75 bits per heavy atom. The summed E-state index contributed by atoms with van der Waals surface area (Å²) in [4.78, 5) is 28.5. The van der Waals surface area contributed by atoms with Gasteiger partial charge in [-0.25, -0.2) is 4.79 Å². The normalized spacial score (nSPS) is 10.8.